The van der Waals surface area contributed by atoms with Gasteiger partial charge in [-0.3, -0.25) is 15.0 Å². The molecule has 1 N–H and O–H groups in total. The van der Waals surface area contributed by atoms with E-state index in [1.54, 1.807) is 13.1 Å². The van der Waals surface area contributed by atoms with Gasteiger partial charge in [0.2, 0.25) is 0 Å². The predicted octanol–water partition coefficient (Wildman–Crippen LogP) is 2.25. The third-order valence-corrected chi connectivity index (χ3v) is 3.56. The van der Waals surface area contributed by atoms with Crippen molar-refractivity contribution in [2.24, 2.45) is 0 Å². The lowest BCUT2D eigenvalue weighted by molar-refractivity contribution is -0.384. The Morgan fingerprint density at radius 1 is 1.55 bits per heavy atom. The number of nitrogens with one attached hydrogen (secondary N) is 1. The van der Waals surface area contributed by atoms with Gasteiger partial charge in [-0.05, 0) is 25.5 Å². The molecule has 0 bridgehead atoms. The summed E-state index contributed by atoms with van der Waals surface area (Å²) in [6.07, 6.45) is 2.51. The molecule has 0 saturated carbocycles. The minimum atomic E-state index is -0.352. The topological polar surface area (TPSA) is 67.6 Å². The summed E-state index contributed by atoms with van der Waals surface area (Å²) in [6, 6.07) is 5.18. The van der Waals surface area contributed by atoms with Gasteiger partial charge in [0.05, 0.1) is 11.0 Å². The first-order valence-corrected chi connectivity index (χ1v) is 6.86. The molecule has 1 aliphatic heterocycles. The molecule has 6 heteroatoms. The van der Waals surface area contributed by atoms with E-state index in [1.165, 1.54) is 6.07 Å². The highest BCUT2D eigenvalue weighted by Crippen LogP contribution is 2.28. The van der Waals surface area contributed by atoms with Crippen molar-refractivity contribution in [1.29, 1.82) is 0 Å². The summed E-state index contributed by atoms with van der Waals surface area (Å²) >= 11 is 0. The number of para-hydroxylation sites is 1. The molecular formula is C14H21N3O3. The molecule has 20 heavy (non-hydrogen) atoms. The van der Waals surface area contributed by atoms with Crippen molar-refractivity contribution in [2.45, 2.75) is 25.5 Å². The van der Waals surface area contributed by atoms with Gasteiger partial charge < -0.3 is 10.1 Å². The Morgan fingerprint density at radius 3 is 2.95 bits per heavy atom. The summed E-state index contributed by atoms with van der Waals surface area (Å²) < 4.78 is 5.61. The summed E-state index contributed by atoms with van der Waals surface area (Å²) in [6.45, 7) is 2.36. The van der Waals surface area contributed by atoms with E-state index >= 15 is 0 Å². The zero-order chi connectivity index (χ0) is 14.5. The first-order chi connectivity index (χ1) is 9.61. The predicted molar refractivity (Wildman–Crippen MR) is 78.0 cm³/mol. The molecule has 1 heterocycles. The highest BCUT2D eigenvalue weighted by atomic mass is 16.6. The molecule has 0 radical (unpaired) electrons. The van der Waals surface area contributed by atoms with Crippen LogP contribution in [0.15, 0.2) is 18.2 Å². The number of likely N-dealkylation sites (N-methyl/N-ethyl adjacent to an activating group) is 1. The van der Waals surface area contributed by atoms with Crippen LogP contribution >= 0.6 is 0 Å². The second-order valence-electron chi connectivity index (χ2n) is 5.15. The molecule has 1 saturated heterocycles. The van der Waals surface area contributed by atoms with Crippen LogP contribution in [0.3, 0.4) is 0 Å². The third-order valence-electron chi connectivity index (χ3n) is 3.56. The molecule has 1 aromatic carbocycles. The molecule has 1 fully saturated rings. The van der Waals surface area contributed by atoms with E-state index < -0.39 is 0 Å². The molecule has 0 aromatic heterocycles. The van der Waals surface area contributed by atoms with Gasteiger partial charge in [0.15, 0.2) is 0 Å². The summed E-state index contributed by atoms with van der Waals surface area (Å²) in [5, 5.41) is 14.0. The summed E-state index contributed by atoms with van der Waals surface area (Å²) in [7, 11) is 3.73. The highest BCUT2D eigenvalue weighted by Gasteiger charge is 2.20. The first kappa shape index (κ1) is 14.7. The van der Waals surface area contributed by atoms with Crippen LogP contribution in [-0.4, -0.2) is 43.2 Å². The van der Waals surface area contributed by atoms with Crippen molar-refractivity contribution >= 4 is 11.4 Å². The molecule has 1 atom stereocenters. The Bertz CT molecular complexity index is 473. The largest absolute Gasteiger partial charge is 0.382 e. The van der Waals surface area contributed by atoms with E-state index in [-0.39, 0.29) is 16.7 Å². The fraction of sp³-hybridized carbons (Fsp3) is 0.571. The quantitative estimate of drug-likeness (QED) is 0.639. The lowest BCUT2D eigenvalue weighted by atomic mass is 10.1. The van der Waals surface area contributed by atoms with E-state index in [1.807, 2.05) is 13.1 Å². The number of nitrogens with zero attached hydrogens (tertiary/aromatic N) is 2. The second-order valence-corrected chi connectivity index (χ2v) is 5.15. The van der Waals surface area contributed by atoms with Crippen LogP contribution in [0.4, 0.5) is 11.4 Å². The first-order valence-electron chi connectivity index (χ1n) is 6.86. The normalized spacial score (nSPS) is 18.4. The van der Waals surface area contributed by atoms with Gasteiger partial charge in [0.25, 0.3) is 5.69 Å². The van der Waals surface area contributed by atoms with Gasteiger partial charge in [0, 0.05) is 32.8 Å². The monoisotopic (exact) mass is 279 g/mol. The van der Waals surface area contributed by atoms with E-state index in [4.69, 9.17) is 4.74 Å². The average molecular weight is 279 g/mol. The van der Waals surface area contributed by atoms with Crippen molar-refractivity contribution in [3.63, 3.8) is 0 Å². The van der Waals surface area contributed by atoms with Crippen molar-refractivity contribution in [1.82, 2.24) is 4.90 Å². The lowest BCUT2D eigenvalue weighted by Crippen LogP contribution is -2.28. The van der Waals surface area contributed by atoms with Crippen molar-refractivity contribution in [3.05, 3.63) is 33.9 Å². The van der Waals surface area contributed by atoms with Crippen molar-refractivity contribution in [3.8, 4) is 0 Å². The van der Waals surface area contributed by atoms with E-state index in [0.717, 1.165) is 31.6 Å². The van der Waals surface area contributed by atoms with Crippen LogP contribution in [0.25, 0.3) is 0 Å². The number of anilines is 1. The maximum Gasteiger partial charge on any atom is 0.292 e. The zero-order valence-electron chi connectivity index (χ0n) is 12.0. The SMILES string of the molecule is CNc1c(CN(C)CC2CCCO2)cccc1[N+](=O)[O-]. The Morgan fingerprint density at radius 2 is 2.35 bits per heavy atom. The molecular weight excluding hydrogens is 258 g/mol. The molecule has 1 aliphatic rings. The molecule has 110 valence electrons. The molecule has 0 aliphatic carbocycles. The fourth-order valence-electron chi connectivity index (χ4n) is 2.65. The number of benzene rings is 1. The van der Waals surface area contributed by atoms with Gasteiger partial charge in [-0.1, -0.05) is 12.1 Å². The Hall–Kier alpha value is -1.66. The molecule has 6 nitrogen and oxygen atoms in total. The Balaban J connectivity index is 2.07. The van der Waals surface area contributed by atoms with E-state index in [2.05, 4.69) is 10.2 Å². The summed E-state index contributed by atoms with van der Waals surface area (Å²) in [5.41, 5.74) is 1.65. The number of nitro benzene ring substituents is 1. The summed E-state index contributed by atoms with van der Waals surface area (Å²) in [5.74, 6) is 0. The average Bonchev–Trinajstić information content (AvgIpc) is 2.91. The number of hydrogen-bond donors (Lipinski definition) is 1. The minimum Gasteiger partial charge on any atom is -0.382 e. The summed E-state index contributed by atoms with van der Waals surface area (Å²) in [4.78, 5) is 12.8. The Labute approximate surface area is 118 Å². The number of hydrogen-bond acceptors (Lipinski definition) is 5. The van der Waals surface area contributed by atoms with Crippen molar-refractivity contribution < 1.29 is 9.66 Å². The fourth-order valence-corrected chi connectivity index (χ4v) is 2.65. The number of ether oxygens (including phenoxy) is 1. The molecule has 0 amide bonds. The second kappa shape index (κ2) is 6.67. The standard InChI is InChI=1S/C14H21N3O3/c1-15-14-11(5-3-7-13(14)17(18)19)9-16(2)10-12-6-4-8-20-12/h3,5,7,12,15H,4,6,8-10H2,1-2H3. The third kappa shape index (κ3) is 3.46. The highest BCUT2D eigenvalue weighted by molar-refractivity contribution is 5.66. The van der Waals surface area contributed by atoms with Gasteiger partial charge in [-0.2, -0.15) is 0 Å². The van der Waals surface area contributed by atoms with Crippen LogP contribution in [0.1, 0.15) is 18.4 Å². The minimum absolute atomic E-state index is 0.121. The van der Waals surface area contributed by atoms with E-state index in [0.29, 0.717) is 12.2 Å². The van der Waals surface area contributed by atoms with Crippen LogP contribution in [0.2, 0.25) is 0 Å². The maximum absolute atomic E-state index is 11.0. The van der Waals surface area contributed by atoms with Gasteiger partial charge in [0.1, 0.15) is 5.69 Å². The molecule has 2 rings (SSSR count). The Kier molecular flexibility index (Phi) is 4.92. The zero-order valence-corrected chi connectivity index (χ0v) is 12.0. The van der Waals surface area contributed by atoms with Crippen LogP contribution in [0.5, 0.6) is 0 Å². The molecule has 1 unspecified atom stereocenters. The number of rotatable bonds is 6. The maximum atomic E-state index is 11.0. The smallest absolute Gasteiger partial charge is 0.292 e. The molecule has 0 spiro atoms. The van der Waals surface area contributed by atoms with Crippen LogP contribution in [-0.2, 0) is 11.3 Å². The van der Waals surface area contributed by atoms with Gasteiger partial charge in [-0.15, -0.1) is 0 Å². The van der Waals surface area contributed by atoms with E-state index in [9.17, 15) is 10.1 Å². The van der Waals surface area contributed by atoms with Crippen LogP contribution in [0, 0.1) is 10.1 Å². The van der Waals surface area contributed by atoms with Crippen LogP contribution < -0.4 is 5.32 Å². The van der Waals surface area contributed by atoms with Gasteiger partial charge in [-0.25, -0.2) is 0 Å². The molecule has 1 aromatic rings. The lowest BCUT2D eigenvalue weighted by Gasteiger charge is -2.21. The van der Waals surface area contributed by atoms with Crippen molar-refractivity contribution in [2.75, 3.05) is 32.6 Å². The van der Waals surface area contributed by atoms with Gasteiger partial charge >= 0.3 is 0 Å². The number of nitro groups is 1.